The lowest BCUT2D eigenvalue weighted by Crippen LogP contribution is -2.39. The molecule has 3 rings (SSSR count). The van der Waals surface area contributed by atoms with Gasteiger partial charge in [-0.3, -0.25) is 9.59 Å². The van der Waals surface area contributed by atoms with Crippen LogP contribution in [0.4, 0.5) is 8.78 Å². The zero-order chi connectivity index (χ0) is 20.1. The molecule has 0 aromatic heterocycles. The van der Waals surface area contributed by atoms with Crippen LogP contribution in [0.25, 0.3) is 11.1 Å². The van der Waals surface area contributed by atoms with E-state index in [9.17, 15) is 18.4 Å². The molecule has 0 radical (unpaired) electrons. The third kappa shape index (κ3) is 4.23. The van der Waals surface area contributed by atoms with Gasteiger partial charge in [-0.2, -0.15) is 0 Å². The molecule has 0 bridgehead atoms. The quantitative estimate of drug-likeness (QED) is 0.706. The first-order valence-corrected chi connectivity index (χ1v) is 8.62. The highest BCUT2D eigenvalue weighted by Crippen LogP contribution is 2.21. The maximum Gasteiger partial charge on any atom is 0.252 e. The summed E-state index contributed by atoms with van der Waals surface area (Å²) in [6.07, 6.45) is 0. The smallest absolute Gasteiger partial charge is 0.252 e. The van der Waals surface area contributed by atoms with Crippen LogP contribution in [0.3, 0.4) is 0 Å². The van der Waals surface area contributed by atoms with E-state index in [4.69, 9.17) is 0 Å². The van der Waals surface area contributed by atoms with Crippen LogP contribution in [-0.4, -0.2) is 18.9 Å². The number of carbonyl (C=O) groups is 2. The molecule has 4 nitrogen and oxygen atoms in total. The molecule has 0 fully saturated rings. The molecule has 0 aliphatic carbocycles. The predicted octanol–water partition coefficient (Wildman–Crippen LogP) is 3.85. The van der Waals surface area contributed by atoms with Gasteiger partial charge in [0.2, 0.25) is 5.91 Å². The Balaban J connectivity index is 1.82. The minimum Gasteiger partial charge on any atom is -0.357 e. The van der Waals surface area contributed by atoms with E-state index < -0.39 is 29.5 Å². The zero-order valence-corrected chi connectivity index (χ0v) is 15.1. The summed E-state index contributed by atoms with van der Waals surface area (Å²) in [5, 5.41) is 4.98. The maximum absolute atomic E-state index is 13.6. The van der Waals surface area contributed by atoms with Gasteiger partial charge in [0.1, 0.15) is 6.04 Å². The van der Waals surface area contributed by atoms with Crippen molar-refractivity contribution in [2.24, 2.45) is 0 Å². The van der Waals surface area contributed by atoms with Crippen molar-refractivity contribution < 1.29 is 18.4 Å². The molecule has 1 atom stereocenters. The maximum atomic E-state index is 13.6. The topological polar surface area (TPSA) is 58.2 Å². The summed E-state index contributed by atoms with van der Waals surface area (Å²) in [6, 6.07) is 18.5. The van der Waals surface area contributed by atoms with Crippen molar-refractivity contribution in [2.75, 3.05) is 7.05 Å². The molecule has 0 aliphatic rings. The van der Waals surface area contributed by atoms with Gasteiger partial charge in [-0.05, 0) is 41.0 Å². The normalized spacial score (nSPS) is 11.5. The van der Waals surface area contributed by atoms with Crippen molar-refractivity contribution in [3.05, 3.63) is 95.6 Å². The summed E-state index contributed by atoms with van der Waals surface area (Å²) >= 11 is 0. The van der Waals surface area contributed by atoms with Crippen LogP contribution in [0.1, 0.15) is 22.0 Å². The molecule has 142 valence electrons. The van der Waals surface area contributed by atoms with Crippen molar-refractivity contribution in [1.82, 2.24) is 10.6 Å². The fourth-order valence-corrected chi connectivity index (χ4v) is 2.80. The highest BCUT2D eigenvalue weighted by molar-refractivity contribution is 5.98. The van der Waals surface area contributed by atoms with Gasteiger partial charge in [0.05, 0.1) is 0 Å². The van der Waals surface area contributed by atoms with Crippen LogP contribution in [0, 0.1) is 11.6 Å². The molecule has 3 aromatic carbocycles. The highest BCUT2D eigenvalue weighted by atomic mass is 19.2. The van der Waals surface area contributed by atoms with Gasteiger partial charge >= 0.3 is 0 Å². The van der Waals surface area contributed by atoms with Crippen LogP contribution >= 0.6 is 0 Å². The standard InChI is InChI=1S/C22H18F2N2O2/c1-25-22(28)20(17-11-12-18(23)19(24)13-17)26-21(27)16-9-7-15(8-10-16)14-5-3-2-4-6-14/h2-13,20H,1H3,(H,25,28)(H,26,27). The number of halogens is 2. The van der Waals surface area contributed by atoms with E-state index in [2.05, 4.69) is 10.6 Å². The van der Waals surface area contributed by atoms with Crippen molar-refractivity contribution in [2.45, 2.75) is 6.04 Å². The Bertz CT molecular complexity index is 989. The lowest BCUT2D eigenvalue weighted by molar-refractivity contribution is -0.122. The second kappa shape index (κ2) is 8.43. The van der Waals surface area contributed by atoms with Crippen LogP contribution in [0.2, 0.25) is 0 Å². The van der Waals surface area contributed by atoms with Gasteiger partial charge in [0.25, 0.3) is 5.91 Å². The van der Waals surface area contributed by atoms with Crippen LogP contribution in [-0.2, 0) is 4.79 Å². The second-order valence-corrected chi connectivity index (χ2v) is 6.14. The SMILES string of the molecule is CNC(=O)C(NC(=O)c1ccc(-c2ccccc2)cc1)c1ccc(F)c(F)c1. The number of hydrogen-bond donors (Lipinski definition) is 2. The Morgan fingerprint density at radius 2 is 1.46 bits per heavy atom. The number of likely N-dealkylation sites (N-methyl/N-ethyl adjacent to an activating group) is 1. The third-order valence-electron chi connectivity index (χ3n) is 4.32. The van der Waals surface area contributed by atoms with Gasteiger partial charge in [-0.25, -0.2) is 8.78 Å². The molecule has 0 spiro atoms. The number of benzene rings is 3. The van der Waals surface area contributed by atoms with E-state index in [1.807, 2.05) is 30.3 Å². The molecule has 0 saturated carbocycles. The molecule has 0 aliphatic heterocycles. The Morgan fingerprint density at radius 3 is 2.07 bits per heavy atom. The lowest BCUT2D eigenvalue weighted by Gasteiger charge is -2.18. The molecule has 2 amide bonds. The molecule has 1 unspecified atom stereocenters. The van der Waals surface area contributed by atoms with E-state index in [-0.39, 0.29) is 5.56 Å². The van der Waals surface area contributed by atoms with E-state index in [1.54, 1.807) is 24.3 Å². The fraction of sp³-hybridized carbons (Fsp3) is 0.0909. The molecule has 28 heavy (non-hydrogen) atoms. The summed E-state index contributed by atoms with van der Waals surface area (Å²) in [7, 11) is 1.40. The fourth-order valence-electron chi connectivity index (χ4n) is 2.80. The predicted molar refractivity (Wildman–Crippen MR) is 103 cm³/mol. The second-order valence-electron chi connectivity index (χ2n) is 6.14. The molecule has 6 heteroatoms. The molecular weight excluding hydrogens is 362 g/mol. The molecule has 2 N–H and O–H groups in total. The van der Waals surface area contributed by atoms with Gasteiger partial charge in [0, 0.05) is 12.6 Å². The third-order valence-corrected chi connectivity index (χ3v) is 4.32. The number of carbonyl (C=O) groups excluding carboxylic acids is 2. The summed E-state index contributed by atoms with van der Waals surface area (Å²) in [4.78, 5) is 24.8. The van der Waals surface area contributed by atoms with E-state index in [1.165, 1.54) is 13.1 Å². The van der Waals surface area contributed by atoms with Gasteiger partial charge in [-0.15, -0.1) is 0 Å². The van der Waals surface area contributed by atoms with Crippen molar-refractivity contribution in [1.29, 1.82) is 0 Å². The largest absolute Gasteiger partial charge is 0.357 e. The Kier molecular flexibility index (Phi) is 5.79. The minimum absolute atomic E-state index is 0.146. The number of rotatable bonds is 5. The van der Waals surface area contributed by atoms with Crippen LogP contribution in [0.15, 0.2) is 72.8 Å². The summed E-state index contributed by atoms with van der Waals surface area (Å²) in [6.45, 7) is 0. The van der Waals surface area contributed by atoms with Crippen molar-refractivity contribution >= 4 is 11.8 Å². The van der Waals surface area contributed by atoms with Gasteiger partial charge < -0.3 is 10.6 Å². The lowest BCUT2D eigenvalue weighted by atomic mass is 10.0. The number of hydrogen-bond acceptors (Lipinski definition) is 2. The first-order chi connectivity index (χ1) is 13.5. The molecule has 0 saturated heterocycles. The van der Waals surface area contributed by atoms with E-state index in [0.29, 0.717) is 5.56 Å². The summed E-state index contributed by atoms with van der Waals surface area (Å²) < 4.78 is 26.7. The van der Waals surface area contributed by atoms with E-state index in [0.717, 1.165) is 23.3 Å². The average Bonchev–Trinajstić information content (AvgIpc) is 2.74. The van der Waals surface area contributed by atoms with Crippen LogP contribution in [0.5, 0.6) is 0 Å². The average molecular weight is 380 g/mol. The summed E-state index contributed by atoms with van der Waals surface area (Å²) in [5.74, 6) is -3.16. The number of nitrogens with one attached hydrogen (secondary N) is 2. The van der Waals surface area contributed by atoms with E-state index >= 15 is 0 Å². The van der Waals surface area contributed by atoms with Crippen molar-refractivity contribution in [3.63, 3.8) is 0 Å². The Morgan fingerprint density at radius 1 is 0.821 bits per heavy atom. The zero-order valence-electron chi connectivity index (χ0n) is 15.1. The van der Waals surface area contributed by atoms with Gasteiger partial charge in [0.15, 0.2) is 11.6 Å². The highest BCUT2D eigenvalue weighted by Gasteiger charge is 2.23. The monoisotopic (exact) mass is 380 g/mol. The molecule has 3 aromatic rings. The minimum atomic E-state index is -1.15. The Hall–Kier alpha value is -3.54. The first kappa shape index (κ1) is 19.2. The van der Waals surface area contributed by atoms with Crippen molar-refractivity contribution in [3.8, 4) is 11.1 Å². The molecule has 0 heterocycles. The van der Waals surface area contributed by atoms with Gasteiger partial charge in [-0.1, -0.05) is 48.5 Å². The molecular formula is C22H18F2N2O2. The van der Waals surface area contributed by atoms with Crippen LogP contribution < -0.4 is 10.6 Å². The first-order valence-electron chi connectivity index (χ1n) is 8.62. The summed E-state index contributed by atoms with van der Waals surface area (Å²) in [5.41, 5.74) is 2.45. The Labute approximate surface area is 161 Å². The number of amides is 2.